The van der Waals surface area contributed by atoms with Crippen molar-refractivity contribution in [3.8, 4) is 0 Å². The summed E-state index contributed by atoms with van der Waals surface area (Å²) in [5.41, 5.74) is -0.556. The van der Waals surface area contributed by atoms with Crippen LogP contribution < -0.4 is 5.32 Å². The third-order valence-corrected chi connectivity index (χ3v) is 3.98. The van der Waals surface area contributed by atoms with E-state index in [9.17, 15) is 0 Å². The largest absolute Gasteiger partial charge is 0.367 e. The number of rotatable bonds is 8. The van der Waals surface area contributed by atoms with Crippen LogP contribution in [-0.2, 0) is 21.7 Å². The molecule has 20 heavy (non-hydrogen) atoms. The molecular weight excluding hydrogens is 258 g/mol. The Morgan fingerprint density at radius 1 is 1.30 bits per heavy atom. The van der Waals surface area contributed by atoms with E-state index in [1.165, 1.54) is 0 Å². The van der Waals surface area contributed by atoms with E-state index in [0.717, 1.165) is 25.9 Å². The Hall–Kier alpha value is -0.980. The molecule has 0 saturated carbocycles. The maximum Gasteiger partial charge on any atom is 0.252 e. The molecule has 1 aromatic heterocycles. The highest BCUT2D eigenvalue weighted by atomic mass is 16.5. The number of hydrogen-bond acceptors (Lipinski definition) is 6. The second kappa shape index (κ2) is 6.20. The van der Waals surface area contributed by atoms with Gasteiger partial charge in [-0.25, -0.2) is 0 Å². The summed E-state index contributed by atoms with van der Waals surface area (Å²) in [7, 11) is 0. The van der Waals surface area contributed by atoms with E-state index >= 15 is 0 Å². The molecule has 1 fully saturated rings. The Kier molecular flexibility index (Phi) is 4.78. The van der Waals surface area contributed by atoms with Gasteiger partial charge in [-0.3, -0.25) is 0 Å². The normalized spacial score (nSPS) is 18.0. The quantitative estimate of drug-likeness (QED) is 0.787. The molecule has 2 heterocycles. The smallest absolute Gasteiger partial charge is 0.252 e. The van der Waals surface area contributed by atoms with Crippen molar-refractivity contribution < 1.29 is 14.0 Å². The first-order valence-corrected chi connectivity index (χ1v) is 7.39. The van der Waals surface area contributed by atoms with Crippen LogP contribution >= 0.6 is 0 Å². The maximum atomic E-state index is 5.87. The standard InChI is InChI=1S/C14H25N3O3/c1-5-14(6-2,18-7-3)12-16-11(20-17-12)8-19-13(4)9-15-10-13/h15H,5-10H2,1-4H3. The molecule has 1 aliphatic heterocycles. The van der Waals surface area contributed by atoms with Crippen LogP contribution in [0.1, 0.15) is 52.3 Å². The Labute approximate surface area is 120 Å². The summed E-state index contributed by atoms with van der Waals surface area (Å²) in [6, 6.07) is 0. The van der Waals surface area contributed by atoms with E-state index in [-0.39, 0.29) is 5.60 Å². The van der Waals surface area contributed by atoms with Gasteiger partial charge in [0.15, 0.2) is 0 Å². The topological polar surface area (TPSA) is 69.4 Å². The number of nitrogens with one attached hydrogen (secondary N) is 1. The second-order valence-electron chi connectivity index (χ2n) is 5.49. The first kappa shape index (κ1) is 15.4. The van der Waals surface area contributed by atoms with Gasteiger partial charge in [0.25, 0.3) is 5.89 Å². The fourth-order valence-electron chi connectivity index (χ4n) is 2.42. The van der Waals surface area contributed by atoms with E-state index in [2.05, 4.69) is 36.2 Å². The summed E-state index contributed by atoms with van der Waals surface area (Å²) < 4.78 is 17.0. The van der Waals surface area contributed by atoms with Gasteiger partial charge in [-0.2, -0.15) is 4.98 Å². The van der Waals surface area contributed by atoms with Gasteiger partial charge in [0.1, 0.15) is 12.2 Å². The molecule has 1 aliphatic rings. The molecule has 0 amide bonds. The molecule has 6 nitrogen and oxygen atoms in total. The van der Waals surface area contributed by atoms with Crippen LogP contribution in [0.2, 0.25) is 0 Å². The van der Waals surface area contributed by atoms with E-state index in [4.69, 9.17) is 14.0 Å². The summed E-state index contributed by atoms with van der Waals surface area (Å²) in [5, 5.41) is 7.28. The molecule has 0 bridgehead atoms. The lowest BCUT2D eigenvalue weighted by Gasteiger charge is -2.38. The van der Waals surface area contributed by atoms with Crippen molar-refractivity contribution in [2.75, 3.05) is 19.7 Å². The molecular formula is C14H25N3O3. The number of aromatic nitrogens is 2. The molecule has 0 unspecified atom stereocenters. The van der Waals surface area contributed by atoms with Gasteiger partial charge in [-0.15, -0.1) is 0 Å². The van der Waals surface area contributed by atoms with E-state index < -0.39 is 5.60 Å². The van der Waals surface area contributed by atoms with Crippen LogP contribution in [0.4, 0.5) is 0 Å². The van der Waals surface area contributed by atoms with Crippen molar-refractivity contribution in [2.24, 2.45) is 0 Å². The van der Waals surface area contributed by atoms with Gasteiger partial charge in [0, 0.05) is 19.7 Å². The summed E-state index contributed by atoms with van der Waals surface area (Å²) in [4.78, 5) is 4.46. The lowest BCUT2D eigenvalue weighted by molar-refractivity contribution is -0.0841. The first-order valence-electron chi connectivity index (χ1n) is 7.39. The van der Waals surface area contributed by atoms with Crippen LogP contribution in [0.25, 0.3) is 0 Å². The molecule has 6 heteroatoms. The lowest BCUT2D eigenvalue weighted by Crippen LogP contribution is -2.58. The predicted octanol–water partition coefficient (Wildman–Crippen LogP) is 2.00. The van der Waals surface area contributed by atoms with Crippen LogP contribution in [0.15, 0.2) is 4.52 Å². The summed E-state index contributed by atoms with van der Waals surface area (Å²) in [5.74, 6) is 1.14. The van der Waals surface area contributed by atoms with Crippen molar-refractivity contribution in [3.05, 3.63) is 11.7 Å². The van der Waals surface area contributed by atoms with Gasteiger partial charge in [0.05, 0.1) is 5.60 Å². The monoisotopic (exact) mass is 283 g/mol. The molecule has 1 saturated heterocycles. The Bertz CT molecular complexity index is 425. The Morgan fingerprint density at radius 3 is 2.50 bits per heavy atom. The highest BCUT2D eigenvalue weighted by Gasteiger charge is 2.36. The average molecular weight is 283 g/mol. The van der Waals surface area contributed by atoms with Crippen LogP contribution in [-0.4, -0.2) is 35.4 Å². The molecule has 114 valence electrons. The van der Waals surface area contributed by atoms with Crippen LogP contribution in [0.5, 0.6) is 0 Å². The highest BCUT2D eigenvalue weighted by molar-refractivity contribution is 5.01. The fraction of sp³-hybridized carbons (Fsp3) is 0.857. The zero-order chi connectivity index (χ0) is 14.6. The van der Waals surface area contributed by atoms with E-state index in [0.29, 0.717) is 24.9 Å². The zero-order valence-corrected chi connectivity index (χ0v) is 12.9. The average Bonchev–Trinajstić information content (AvgIpc) is 2.90. The van der Waals surface area contributed by atoms with Crippen molar-refractivity contribution in [2.45, 2.75) is 58.3 Å². The molecule has 1 aromatic rings. The molecule has 0 spiro atoms. The van der Waals surface area contributed by atoms with E-state index in [1.54, 1.807) is 0 Å². The van der Waals surface area contributed by atoms with Gasteiger partial charge >= 0.3 is 0 Å². The predicted molar refractivity (Wildman–Crippen MR) is 74.2 cm³/mol. The second-order valence-corrected chi connectivity index (χ2v) is 5.49. The SMILES string of the molecule is CCOC(CC)(CC)c1noc(COC2(C)CNC2)n1. The maximum absolute atomic E-state index is 5.87. The number of hydrogen-bond donors (Lipinski definition) is 1. The minimum Gasteiger partial charge on any atom is -0.367 e. The zero-order valence-electron chi connectivity index (χ0n) is 12.9. The molecule has 0 radical (unpaired) electrons. The van der Waals surface area contributed by atoms with Gasteiger partial charge in [-0.1, -0.05) is 19.0 Å². The molecule has 1 N–H and O–H groups in total. The fourth-order valence-corrected chi connectivity index (χ4v) is 2.42. The van der Waals surface area contributed by atoms with Crippen LogP contribution in [0.3, 0.4) is 0 Å². The van der Waals surface area contributed by atoms with Crippen LogP contribution in [0, 0.1) is 0 Å². The van der Waals surface area contributed by atoms with Gasteiger partial charge < -0.3 is 19.3 Å². The Balaban J connectivity index is 2.02. The minimum absolute atomic E-state index is 0.110. The third kappa shape index (κ3) is 3.02. The van der Waals surface area contributed by atoms with Crippen molar-refractivity contribution in [1.82, 2.24) is 15.5 Å². The van der Waals surface area contributed by atoms with E-state index in [1.807, 2.05) is 6.92 Å². The van der Waals surface area contributed by atoms with Crippen molar-refractivity contribution in [1.29, 1.82) is 0 Å². The summed E-state index contributed by atoms with van der Waals surface area (Å²) >= 11 is 0. The molecule has 2 rings (SSSR count). The molecule has 0 aliphatic carbocycles. The molecule has 0 atom stereocenters. The minimum atomic E-state index is -0.446. The summed E-state index contributed by atoms with van der Waals surface area (Å²) in [6.07, 6.45) is 1.64. The third-order valence-electron chi connectivity index (χ3n) is 3.98. The summed E-state index contributed by atoms with van der Waals surface area (Å²) in [6.45, 7) is 10.9. The van der Waals surface area contributed by atoms with Gasteiger partial charge in [0.2, 0.25) is 5.82 Å². The Morgan fingerprint density at radius 2 is 2.00 bits per heavy atom. The molecule has 0 aromatic carbocycles. The number of ether oxygens (including phenoxy) is 2. The van der Waals surface area contributed by atoms with Crippen molar-refractivity contribution in [3.63, 3.8) is 0 Å². The van der Waals surface area contributed by atoms with Crippen molar-refractivity contribution >= 4 is 0 Å². The lowest BCUT2D eigenvalue weighted by atomic mass is 9.96. The number of nitrogens with zero attached hydrogens (tertiary/aromatic N) is 2. The first-order chi connectivity index (χ1) is 9.57. The van der Waals surface area contributed by atoms with Gasteiger partial charge in [-0.05, 0) is 26.7 Å². The highest BCUT2D eigenvalue weighted by Crippen LogP contribution is 2.31.